The number of hydrogen-bond acceptors (Lipinski definition) is 8. The van der Waals surface area contributed by atoms with E-state index in [1.807, 2.05) is 39.0 Å². The summed E-state index contributed by atoms with van der Waals surface area (Å²) in [7, 11) is -3.90. The summed E-state index contributed by atoms with van der Waals surface area (Å²) in [6.07, 6.45) is 3.33. The molecule has 0 radical (unpaired) electrons. The van der Waals surface area contributed by atoms with Gasteiger partial charge in [-0.2, -0.15) is 0 Å². The van der Waals surface area contributed by atoms with Crippen LogP contribution < -0.4 is 11.1 Å². The zero-order valence-electron chi connectivity index (χ0n) is 28.4. The summed E-state index contributed by atoms with van der Waals surface area (Å²) in [5, 5.41) is 13.0. The third-order valence-electron chi connectivity index (χ3n) is 8.22. The molecule has 0 saturated heterocycles. The smallest absolute Gasteiger partial charge is 0.408 e. The van der Waals surface area contributed by atoms with Gasteiger partial charge in [0.05, 0.1) is 17.1 Å². The predicted octanol–water partition coefficient (Wildman–Crippen LogP) is 4.86. The van der Waals surface area contributed by atoms with E-state index >= 15 is 0 Å². The van der Waals surface area contributed by atoms with Crippen LogP contribution in [0.1, 0.15) is 68.7 Å². The highest BCUT2D eigenvalue weighted by atomic mass is 32.2. The maximum absolute atomic E-state index is 14.4. The van der Waals surface area contributed by atoms with Crippen LogP contribution in [-0.4, -0.2) is 71.1 Å². The fourth-order valence-corrected chi connectivity index (χ4v) is 7.77. The molecule has 0 bridgehead atoms. The minimum Gasteiger partial charge on any atom is -0.445 e. The summed E-state index contributed by atoms with van der Waals surface area (Å²) in [6, 6.07) is 11.1. The zero-order valence-corrected chi connectivity index (χ0v) is 29.2. The van der Waals surface area contributed by atoms with Crippen molar-refractivity contribution in [2.45, 2.75) is 95.9 Å². The lowest BCUT2D eigenvalue weighted by molar-refractivity contribution is -0.135. The van der Waals surface area contributed by atoms with Crippen molar-refractivity contribution in [3.05, 3.63) is 101 Å². The summed E-state index contributed by atoms with van der Waals surface area (Å²) in [6.45, 7) is 5.20. The summed E-state index contributed by atoms with van der Waals surface area (Å²) in [5.74, 6) is -3.03. The first-order chi connectivity index (χ1) is 23.3. The van der Waals surface area contributed by atoms with Gasteiger partial charge in [0.15, 0.2) is 9.84 Å². The Kier molecular flexibility index (Phi) is 15.6. The van der Waals surface area contributed by atoms with E-state index in [9.17, 15) is 31.9 Å². The molecule has 49 heavy (non-hydrogen) atoms. The topological polar surface area (TPSA) is 152 Å². The number of nitrogens with zero attached hydrogens (tertiary/aromatic N) is 2. The number of benzene rings is 2. The van der Waals surface area contributed by atoms with Crippen LogP contribution in [0.3, 0.4) is 0 Å². The number of aliphatic hydroxyl groups is 1. The Balaban J connectivity index is 1.94. The first-order valence-corrected chi connectivity index (χ1v) is 18.4. The van der Waals surface area contributed by atoms with Crippen molar-refractivity contribution in [3.63, 3.8) is 0 Å². The average molecular weight is 703 g/mol. The van der Waals surface area contributed by atoms with Gasteiger partial charge in [0.25, 0.3) is 0 Å². The van der Waals surface area contributed by atoms with E-state index in [1.54, 1.807) is 18.2 Å². The van der Waals surface area contributed by atoms with Crippen molar-refractivity contribution in [1.82, 2.24) is 15.2 Å². The van der Waals surface area contributed by atoms with Gasteiger partial charge in [0.1, 0.15) is 24.3 Å². The second-order valence-electron chi connectivity index (χ2n) is 12.3. The van der Waals surface area contributed by atoms with Crippen LogP contribution in [0.15, 0.2) is 67.0 Å². The third-order valence-corrected chi connectivity index (χ3v) is 10.5. The molecule has 2 amide bonds. The Morgan fingerprint density at radius 2 is 1.57 bits per heavy atom. The number of carbonyl (C=O) groups excluding carboxylic acids is 2. The van der Waals surface area contributed by atoms with Crippen LogP contribution >= 0.6 is 0 Å². The standard InChI is InChI=1S/C36H48F2N4O6S/c1-4-8-31(9-5-2)49(46,47)24-33(41-36(45)48-23-26-12-14-40-15-13-26)35(44)42(21-27-11-7-10-25(6-3)16-27)22-34(43)32(39)19-28-17-29(37)20-30(38)18-28/h7,10-18,20,31-34,43H,4-6,8-9,19,21-24,39H2,1-3H3,(H,41,45)/t32-,33+,34+/m0/s1. The van der Waals surface area contributed by atoms with Gasteiger partial charge in [-0.25, -0.2) is 22.0 Å². The molecule has 3 atom stereocenters. The minimum atomic E-state index is -3.90. The number of nitrogens with two attached hydrogens (primary N) is 1. The minimum absolute atomic E-state index is 0.0390. The lowest BCUT2D eigenvalue weighted by atomic mass is 10.0. The molecule has 4 N–H and O–H groups in total. The molecule has 0 fully saturated rings. The molecule has 2 aromatic carbocycles. The van der Waals surface area contributed by atoms with Crippen LogP contribution in [-0.2, 0) is 45.4 Å². The van der Waals surface area contributed by atoms with Gasteiger partial charge in [-0.15, -0.1) is 0 Å². The van der Waals surface area contributed by atoms with Crippen molar-refractivity contribution < 1.29 is 36.6 Å². The molecule has 268 valence electrons. The van der Waals surface area contributed by atoms with E-state index in [0.717, 1.165) is 30.2 Å². The van der Waals surface area contributed by atoms with E-state index < -0.39 is 62.7 Å². The predicted molar refractivity (Wildman–Crippen MR) is 184 cm³/mol. The number of aryl methyl sites for hydroxylation is 1. The molecule has 3 rings (SSSR count). The molecule has 0 aliphatic heterocycles. The largest absolute Gasteiger partial charge is 0.445 e. The number of sulfone groups is 1. The van der Waals surface area contributed by atoms with E-state index in [-0.39, 0.29) is 31.7 Å². The molecule has 0 saturated carbocycles. The van der Waals surface area contributed by atoms with Crippen LogP contribution in [0.5, 0.6) is 0 Å². The molecule has 10 nitrogen and oxygen atoms in total. The number of halogens is 2. The average Bonchev–Trinajstić information content (AvgIpc) is 3.06. The molecular formula is C36H48F2N4O6S. The molecule has 13 heteroatoms. The molecule has 0 spiro atoms. The van der Waals surface area contributed by atoms with Crippen LogP contribution in [0.2, 0.25) is 0 Å². The maximum Gasteiger partial charge on any atom is 0.408 e. The lowest BCUT2D eigenvalue weighted by Crippen LogP contribution is -2.55. The van der Waals surface area contributed by atoms with Gasteiger partial charge in [-0.3, -0.25) is 9.78 Å². The van der Waals surface area contributed by atoms with Crippen molar-refractivity contribution >= 4 is 21.8 Å². The number of amides is 2. The monoisotopic (exact) mass is 702 g/mol. The number of ether oxygens (including phenoxy) is 1. The summed E-state index contributed by atoms with van der Waals surface area (Å²) in [4.78, 5) is 32.6. The van der Waals surface area contributed by atoms with Crippen molar-refractivity contribution in [2.75, 3.05) is 12.3 Å². The number of carbonyl (C=O) groups is 2. The first kappa shape index (κ1) is 39.5. The highest BCUT2D eigenvalue weighted by Gasteiger charge is 2.36. The highest BCUT2D eigenvalue weighted by molar-refractivity contribution is 7.92. The molecule has 1 heterocycles. The van der Waals surface area contributed by atoms with E-state index in [4.69, 9.17) is 10.5 Å². The summed E-state index contributed by atoms with van der Waals surface area (Å²) < 4.78 is 60.5. The second kappa shape index (κ2) is 19.3. The Hall–Kier alpha value is -3.94. The van der Waals surface area contributed by atoms with Crippen molar-refractivity contribution in [2.24, 2.45) is 5.73 Å². The number of aliphatic hydroxyl groups excluding tert-OH is 1. The number of aromatic nitrogens is 1. The molecular weight excluding hydrogens is 654 g/mol. The zero-order chi connectivity index (χ0) is 36.0. The van der Waals surface area contributed by atoms with Gasteiger partial charge in [0, 0.05) is 37.6 Å². The Morgan fingerprint density at radius 1 is 0.939 bits per heavy atom. The maximum atomic E-state index is 14.4. The van der Waals surface area contributed by atoms with E-state index in [2.05, 4.69) is 10.3 Å². The number of pyridine rings is 1. The summed E-state index contributed by atoms with van der Waals surface area (Å²) >= 11 is 0. The Morgan fingerprint density at radius 3 is 2.18 bits per heavy atom. The normalized spacial score (nSPS) is 13.5. The fourth-order valence-electron chi connectivity index (χ4n) is 5.62. The molecule has 0 aliphatic carbocycles. The lowest BCUT2D eigenvalue weighted by Gasteiger charge is -2.32. The Bertz CT molecular complexity index is 1590. The Labute approximate surface area is 288 Å². The third kappa shape index (κ3) is 12.8. The first-order valence-electron chi connectivity index (χ1n) is 16.6. The van der Waals surface area contributed by atoms with E-state index in [1.165, 1.54) is 17.3 Å². The van der Waals surface area contributed by atoms with Crippen LogP contribution in [0, 0.1) is 11.6 Å². The molecule has 0 aliphatic rings. The van der Waals surface area contributed by atoms with Gasteiger partial charge >= 0.3 is 6.09 Å². The fraction of sp³-hybridized carbons (Fsp3) is 0.472. The molecule has 3 aromatic rings. The van der Waals surface area contributed by atoms with Gasteiger partial charge < -0.3 is 25.8 Å². The number of rotatable bonds is 19. The van der Waals surface area contributed by atoms with Gasteiger partial charge in [0.2, 0.25) is 5.91 Å². The van der Waals surface area contributed by atoms with Crippen LogP contribution in [0.25, 0.3) is 0 Å². The van der Waals surface area contributed by atoms with Crippen molar-refractivity contribution in [3.8, 4) is 0 Å². The molecule has 0 unspecified atom stereocenters. The SMILES string of the molecule is CCCC(CCC)S(=O)(=O)C[C@@H](NC(=O)OCc1ccncc1)C(=O)N(Cc1cccc(CC)c1)C[C@@H](O)[C@@H](N)Cc1cc(F)cc(F)c1. The number of alkyl carbamates (subject to hydrolysis) is 1. The number of hydrogen-bond donors (Lipinski definition) is 3. The van der Waals surface area contributed by atoms with Gasteiger partial charge in [-0.1, -0.05) is 57.9 Å². The summed E-state index contributed by atoms with van der Waals surface area (Å²) in [5.41, 5.74) is 8.83. The quantitative estimate of drug-likeness (QED) is 0.160. The van der Waals surface area contributed by atoms with E-state index in [0.29, 0.717) is 36.8 Å². The molecule has 1 aromatic heterocycles. The van der Waals surface area contributed by atoms with Gasteiger partial charge in [-0.05, 0) is 72.2 Å². The van der Waals surface area contributed by atoms with Crippen molar-refractivity contribution in [1.29, 1.82) is 0 Å². The number of nitrogens with one attached hydrogen (secondary N) is 1. The second-order valence-corrected chi connectivity index (χ2v) is 14.6. The highest BCUT2D eigenvalue weighted by Crippen LogP contribution is 2.19. The van der Waals surface area contributed by atoms with Crippen LogP contribution in [0.4, 0.5) is 13.6 Å².